The van der Waals surface area contributed by atoms with Crippen molar-refractivity contribution in [3.63, 3.8) is 0 Å². The third-order valence-corrected chi connectivity index (χ3v) is 5.99. The molecular formula is C26H18ClF3N2O2. The number of nitrogens with zero attached hydrogens (tertiary/aromatic N) is 1. The summed E-state index contributed by atoms with van der Waals surface area (Å²) in [5, 5.41) is 4.00. The number of benzene rings is 3. The number of fused-ring (bicyclic) bond motifs is 2. The number of nitrogens with one attached hydrogen (secondary N) is 1. The second-order valence-corrected chi connectivity index (χ2v) is 8.25. The number of alkyl halides is 3. The monoisotopic (exact) mass is 482 g/mol. The van der Waals surface area contributed by atoms with Gasteiger partial charge in [-0.3, -0.25) is 4.79 Å². The largest absolute Gasteiger partial charge is 0.490 e. The number of carbonyl (C=O) groups excluding carboxylic acids is 1. The molecule has 0 unspecified atom stereocenters. The van der Waals surface area contributed by atoms with E-state index in [0.29, 0.717) is 35.1 Å². The van der Waals surface area contributed by atoms with Crippen LogP contribution >= 0.6 is 11.6 Å². The lowest BCUT2D eigenvalue weighted by atomic mass is 10.0. The fourth-order valence-electron chi connectivity index (χ4n) is 4.06. The average Bonchev–Trinajstić information content (AvgIpc) is 3.31. The molecule has 0 atom stereocenters. The lowest BCUT2D eigenvalue weighted by molar-refractivity contribution is -0.137. The Labute approximate surface area is 198 Å². The van der Waals surface area contributed by atoms with Crippen molar-refractivity contribution < 1.29 is 22.7 Å². The van der Waals surface area contributed by atoms with Gasteiger partial charge in [-0.25, -0.2) is 0 Å². The Kier molecular flexibility index (Phi) is 5.57. The maximum absolute atomic E-state index is 13.1. The van der Waals surface area contributed by atoms with Crippen molar-refractivity contribution >= 4 is 45.7 Å². The SMILES string of the molecule is O=C1Nc2cc(C(F)(F)F)ccc2/C1=C\c1cn(CCOc2ccccc2Cl)c2ccccc12. The molecule has 1 N–H and O–H groups in total. The maximum Gasteiger partial charge on any atom is 0.416 e. The van der Waals surface area contributed by atoms with Crippen molar-refractivity contribution in [1.82, 2.24) is 4.57 Å². The van der Waals surface area contributed by atoms with E-state index < -0.39 is 17.6 Å². The Balaban J connectivity index is 1.46. The van der Waals surface area contributed by atoms with Gasteiger partial charge in [-0.1, -0.05) is 48.0 Å². The third kappa shape index (κ3) is 4.15. The van der Waals surface area contributed by atoms with Crippen molar-refractivity contribution in [3.05, 3.63) is 94.6 Å². The van der Waals surface area contributed by atoms with E-state index in [2.05, 4.69) is 5.32 Å². The molecule has 1 aliphatic rings. The molecule has 0 fully saturated rings. The highest BCUT2D eigenvalue weighted by Crippen LogP contribution is 2.39. The van der Waals surface area contributed by atoms with Gasteiger partial charge < -0.3 is 14.6 Å². The van der Waals surface area contributed by atoms with Crippen LogP contribution in [0.2, 0.25) is 5.02 Å². The van der Waals surface area contributed by atoms with Crippen molar-refractivity contribution in [2.45, 2.75) is 12.7 Å². The number of rotatable bonds is 5. The fraction of sp³-hybridized carbons (Fsp3) is 0.115. The Bertz CT molecular complexity index is 1440. The van der Waals surface area contributed by atoms with Gasteiger partial charge in [-0.05, 0) is 36.4 Å². The number of carbonyl (C=O) groups is 1. The topological polar surface area (TPSA) is 43.3 Å². The van der Waals surface area contributed by atoms with Gasteiger partial charge in [-0.15, -0.1) is 0 Å². The Morgan fingerprint density at radius 3 is 2.59 bits per heavy atom. The zero-order chi connectivity index (χ0) is 23.9. The lowest BCUT2D eigenvalue weighted by Crippen LogP contribution is -2.07. The minimum Gasteiger partial charge on any atom is -0.490 e. The van der Waals surface area contributed by atoms with Crippen LogP contribution in [0.4, 0.5) is 18.9 Å². The van der Waals surface area contributed by atoms with E-state index in [0.717, 1.165) is 28.6 Å². The van der Waals surface area contributed by atoms with Crippen LogP contribution in [0.15, 0.2) is 72.9 Å². The molecule has 1 aromatic heterocycles. The van der Waals surface area contributed by atoms with Crippen LogP contribution in [0.25, 0.3) is 22.6 Å². The second kappa shape index (κ2) is 8.57. The summed E-state index contributed by atoms with van der Waals surface area (Å²) in [6.07, 6.45) is -0.864. The first-order valence-electron chi connectivity index (χ1n) is 10.5. The second-order valence-electron chi connectivity index (χ2n) is 7.84. The highest BCUT2D eigenvalue weighted by molar-refractivity contribution is 6.35. The number of para-hydroxylation sites is 2. The molecule has 172 valence electrons. The fourth-order valence-corrected chi connectivity index (χ4v) is 4.25. The Morgan fingerprint density at radius 2 is 1.79 bits per heavy atom. The molecular weight excluding hydrogens is 465 g/mol. The van der Waals surface area contributed by atoms with Crippen molar-refractivity contribution in [3.8, 4) is 5.75 Å². The van der Waals surface area contributed by atoms with Crippen LogP contribution in [0.1, 0.15) is 16.7 Å². The van der Waals surface area contributed by atoms with Gasteiger partial charge in [-0.2, -0.15) is 13.2 Å². The molecule has 5 rings (SSSR count). The van der Waals surface area contributed by atoms with Crippen LogP contribution in [0.3, 0.4) is 0 Å². The standard InChI is InChI=1S/C26H18ClF3N2O2/c27-21-6-2-4-8-24(21)34-12-11-32-15-16(18-5-1-3-7-23(18)32)13-20-19-10-9-17(26(28,29)30)14-22(19)31-25(20)33/h1-10,13-15H,11-12H2,(H,31,33)/b20-13+. The van der Waals surface area contributed by atoms with Gasteiger partial charge in [0, 0.05) is 39.5 Å². The number of ether oxygens (including phenoxy) is 1. The number of halogens is 4. The van der Waals surface area contributed by atoms with E-state index in [1.165, 1.54) is 6.07 Å². The number of hydrogen-bond acceptors (Lipinski definition) is 2. The van der Waals surface area contributed by atoms with Gasteiger partial charge in [0.05, 0.1) is 17.1 Å². The van der Waals surface area contributed by atoms with Gasteiger partial charge in [0.25, 0.3) is 5.91 Å². The average molecular weight is 483 g/mol. The zero-order valence-electron chi connectivity index (χ0n) is 17.7. The highest BCUT2D eigenvalue weighted by atomic mass is 35.5. The molecule has 3 aromatic carbocycles. The van der Waals surface area contributed by atoms with Gasteiger partial charge in [0.2, 0.25) is 0 Å². The van der Waals surface area contributed by atoms with Crippen LogP contribution in [0, 0.1) is 0 Å². The van der Waals surface area contributed by atoms with Crippen molar-refractivity contribution in [2.75, 3.05) is 11.9 Å². The predicted octanol–water partition coefficient (Wildman–Crippen LogP) is 6.89. The highest BCUT2D eigenvalue weighted by Gasteiger charge is 2.33. The van der Waals surface area contributed by atoms with Crippen LogP contribution in [0.5, 0.6) is 5.75 Å². The first kappa shape index (κ1) is 22.1. The lowest BCUT2D eigenvalue weighted by Gasteiger charge is -2.09. The van der Waals surface area contributed by atoms with Crippen molar-refractivity contribution in [1.29, 1.82) is 0 Å². The number of anilines is 1. The first-order chi connectivity index (χ1) is 16.3. The predicted molar refractivity (Wildman–Crippen MR) is 127 cm³/mol. The molecule has 0 radical (unpaired) electrons. The number of aromatic nitrogens is 1. The smallest absolute Gasteiger partial charge is 0.416 e. The van der Waals surface area contributed by atoms with Gasteiger partial charge >= 0.3 is 6.18 Å². The molecule has 0 spiro atoms. The Morgan fingerprint density at radius 1 is 1.03 bits per heavy atom. The molecule has 0 saturated carbocycles. The summed E-state index contributed by atoms with van der Waals surface area (Å²) in [7, 11) is 0. The number of hydrogen-bond donors (Lipinski definition) is 1. The van der Waals surface area contributed by atoms with Crippen LogP contribution in [-0.4, -0.2) is 17.1 Å². The van der Waals surface area contributed by atoms with E-state index in [1.807, 2.05) is 47.2 Å². The molecule has 0 aliphatic carbocycles. The zero-order valence-corrected chi connectivity index (χ0v) is 18.5. The van der Waals surface area contributed by atoms with Crippen LogP contribution in [-0.2, 0) is 17.5 Å². The molecule has 34 heavy (non-hydrogen) atoms. The van der Waals surface area contributed by atoms with E-state index in [1.54, 1.807) is 18.2 Å². The maximum atomic E-state index is 13.1. The van der Waals surface area contributed by atoms with Gasteiger partial charge in [0.1, 0.15) is 12.4 Å². The summed E-state index contributed by atoms with van der Waals surface area (Å²) >= 11 is 6.15. The summed E-state index contributed by atoms with van der Waals surface area (Å²) in [5.41, 5.74) is 1.84. The van der Waals surface area contributed by atoms with Gasteiger partial charge in [0.15, 0.2) is 0 Å². The first-order valence-corrected chi connectivity index (χ1v) is 10.9. The molecule has 4 aromatic rings. The summed E-state index contributed by atoms with van der Waals surface area (Å²) < 4.78 is 47.0. The molecule has 0 bridgehead atoms. The van der Waals surface area contributed by atoms with Crippen molar-refractivity contribution in [2.24, 2.45) is 0 Å². The summed E-state index contributed by atoms with van der Waals surface area (Å²) in [5.74, 6) is 0.161. The molecule has 8 heteroatoms. The third-order valence-electron chi connectivity index (χ3n) is 5.68. The summed E-state index contributed by atoms with van der Waals surface area (Å²) in [6.45, 7) is 0.911. The van der Waals surface area contributed by atoms with E-state index in [4.69, 9.17) is 16.3 Å². The molecule has 2 heterocycles. The number of amides is 1. The van der Waals surface area contributed by atoms with Crippen LogP contribution < -0.4 is 10.1 Å². The Hall–Kier alpha value is -3.71. The minimum atomic E-state index is -4.48. The normalized spacial score (nSPS) is 14.5. The van der Waals surface area contributed by atoms with E-state index >= 15 is 0 Å². The quantitative estimate of drug-likeness (QED) is 0.315. The summed E-state index contributed by atoms with van der Waals surface area (Å²) in [4.78, 5) is 12.6. The molecule has 4 nitrogen and oxygen atoms in total. The molecule has 1 amide bonds. The molecule has 1 aliphatic heterocycles. The molecule has 0 saturated heterocycles. The van der Waals surface area contributed by atoms with E-state index in [9.17, 15) is 18.0 Å². The summed E-state index contributed by atoms with van der Waals surface area (Å²) in [6, 6.07) is 18.2. The van der Waals surface area contributed by atoms with E-state index in [-0.39, 0.29) is 5.69 Å². The minimum absolute atomic E-state index is 0.156.